The molecule has 1 unspecified atom stereocenters. The predicted molar refractivity (Wildman–Crippen MR) is 73.1 cm³/mol. The molecule has 106 valence electrons. The fraction of sp³-hybridized carbons (Fsp3) is 0.538. The van der Waals surface area contributed by atoms with Gasteiger partial charge >= 0.3 is 0 Å². The van der Waals surface area contributed by atoms with Crippen LogP contribution in [0.4, 0.5) is 0 Å². The van der Waals surface area contributed by atoms with E-state index in [0.29, 0.717) is 18.0 Å². The Morgan fingerprint density at radius 3 is 2.84 bits per heavy atom. The second-order valence-electron chi connectivity index (χ2n) is 4.73. The average molecular weight is 284 g/mol. The van der Waals surface area contributed by atoms with Gasteiger partial charge in [-0.1, -0.05) is 18.2 Å². The molecule has 0 aliphatic carbocycles. The van der Waals surface area contributed by atoms with Gasteiger partial charge in [0.2, 0.25) is 10.0 Å². The molecule has 3 N–H and O–H groups in total. The van der Waals surface area contributed by atoms with E-state index in [1.165, 1.54) is 0 Å². The van der Waals surface area contributed by atoms with Crippen LogP contribution in [-0.2, 0) is 21.3 Å². The Labute approximate surface area is 114 Å². The zero-order valence-corrected chi connectivity index (χ0v) is 11.7. The lowest BCUT2D eigenvalue weighted by molar-refractivity contribution is 0.184. The van der Waals surface area contributed by atoms with E-state index in [4.69, 9.17) is 10.5 Å². The maximum atomic E-state index is 12.2. The highest BCUT2D eigenvalue weighted by Gasteiger charge is 2.19. The van der Waals surface area contributed by atoms with Crippen LogP contribution < -0.4 is 10.5 Å². The van der Waals surface area contributed by atoms with Crippen LogP contribution in [0.5, 0.6) is 0 Å². The van der Waals surface area contributed by atoms with Gasteiger partial charge in [-0.3, -0.25) is 0 Å². The van der Waals surface area contributed by atoms with Gasteiger partial charge in [-0.25, -0.2) is 13.1 Å². The summed E-state index contributed by atoms with van der Waals surface area (Å²) in [4.78, 5) is 0.278. The molecule has 1 saturated heterocycles. The Kier molecular flexibility index (Phi) is 4.93. The first-order chi connectivity index (χ1) is 9.13. The van der Waals surface area contributed by atoms with Gasteiger partial charge < -0.3 is 10.5 Å². The molecule has 5 nitrogen and oxygen atoms in total. The largest absolute Gasteiger partial charge is 0.381 e. The third kappa shape index (κ3) is 3.76. The Balaban J connectivity index is 1.97. The van der Waals surface area contributed by atoms with Crippen LogP contribution in [0.25, 0.3) is 0 Å². The molecule has 0 aromatic heterocycles. The highest BCUT2D eigenvalue weighted by Crippen LogP contribution is 2.17. The molecule has 1 aromatic carbocycles. The Hall–Kier alpha value is -0.950. The molecule has 1 aliphatic rings. The van der Waals surface area contributed by atoms with E-state index in [9.17, 15) is 8.42 Å². The van der Waals surface area contributed by atoms with E-state index < -0.39 is 10.0 Å². The number of ether oxygens (including phenoxy) is 1. The van der Waals surface area contributed by atoms with E-state index in [2.05, 4.69) is 4.72 Å². The molecule has 0 bridgehead atoms. The fourth-order valence-electron chi connectivity index (χ4n) is 2.22. The van der Waals surface area contributed by atoms with Gasteiger partial charge in [0.1, 0.15) is 0 Å². The molecule has 2 rings (SSSR count). The molecule has 0 amide bonds. The number of benzene rings is 1. The lowest BCUT2D eigenvalue weighted by Crippen LogP contribution is -2.27. The van der Waals surface area contributed by atoms with Gasteiger partial charge in [0.25, 0.3) is 0 Å². The van der Waals surface area contributed by atoms with Crippen molar-refractivity contribution in [3.8, 4) is 0 Å². The minimum atomic E-state index is -3.47. The van der Waals surface area contributed by atoms with Crippen LogP contribution in [0, 0.1) is 5.92 Å². The summed E-state index contributed by atoms with van der Waals surface area (Å²) >= 11 is 0. The zero-order chi connectivity index (χ0) is 13.7. The number of nitrogens with one attached hydrogen (secondary N) is 1. The van der Waals surface area contributed by atoms with Gasteiger partial charge in [-0.15, -0.1) is 0 Å². The quantitative estimate of drug-likeness (QED) is 0.811. The third-order valence-corrected chi connectivity index (χ3v) is 4.91. The molecule has 1 aliphatic heterocycles. The number of nitrogens with two attached hydrogens (primary N) is 1. The summed E-state index contributed by atoms with van der Waals surface area (Å²) in [5.41, 5.74) is 6.20. The Morgan fingerprint density at radius 1 is 1.37 bits per heavy atom. The van der Waals surface area contributed by atoms with E-state index in [-0.39, 0.29) is 11.4 Å². The molecular weight excluding hydrogens is 264 g/mol. The smallest absolute Gasteiger partial charge is 0.240 e. The monoisotopic (exact) mass is 284 g/mol. The van der Waals surface area contributed by atoms with Crippen LogP contribution in [0.15, 0.2) is 29.2 Å². The second kappa shape index (κ2) is 6.47. The highest BCUT2D eigenvalue weighted by atomic mass is 32.2. The van der Waals surface area contributed by atoms with Gasteiger partial charge in [0.15, 0.2) is 0 Å². The van der Waals surface area contributed by atoms with Crippen LogP contribution in [0.1, 0.15) is 18.4 Å². The summed E-state index contributed by atoms with van der Waals surface area (Å²) < 4.78 is 32.3. The summed E-state index contributed by atoms with van der Waals surface area (Å²) in [5.74, 6) is 0.465. The van der Waals surface area contributed by atoms with Crippen molar-refractivity contribution in [3.63, 3.8) is 0 Å². The Bertz CT molecular complexity index is 510. The van der Waals surface area contributed by atoms with Crippen molar-refractivity contribution >= 4 is 10.0 Å². The van der Waals surface area contributed by atoms with E-state index in [1.807, 2.05) is 0 Å². The van der Waals surface area contributed by atoms with Gasteiger partial charge in [-0.05, 0) is 30.4 Å². The minimum Gasteiger partial charge on any atom is -0.381 e. The van der Waals surface area contributed by atoms with Crippen LogP contribution in [0.2, 0.25) is 0 Å². The molecule has 1 aromatic rings. The molecule has 0 radical (unpaired) electrons. The van der Waals surface area contributed by atoms with Gasteiger partial charge in [-0.2, -0.15) is 0 Å². The number of sulfonamides is 1. The maximum Gasteiger partial charge on any atom is 0.240 e. The van der Waals surface area contributed by atoms with Crippen molar-refractivity contribution in [1.82, 2.24) is 4.72 Å². The van der Waals surface area contributed by atoms with Crippen molar-refractivity contribution in [2.45, 2.75) is 24.3 Å². The van der Waals surface area contributed by atoms with Crippen molar-refractivity contribution in [1.29, 1.82) is 0 Å². The highest BCUT2D eigenvalue weighted by molar-refractivity contribution is 7.89. The van der Waals surface area contributed by atoms with Crippen LogP contribution in [0.3, 0.4) is 0 Å². The van der Waals surface area contributed by atoms with Crippen molar-refractivity contribution in [2.75, 3.05) is 19.8 Å². The summed E-state index contributed by atoms with van der Waals surface area (Å²) in [5, 5.41) is 0. The summed E-state index contributed by atoms with van der Waals surface area (Å²) in [6.07, 6.45) is 1.82. The standard InChI is InChI=1S/C13H20N2O3S/c14-9-12-3-1-2-4-13(12)19(16,17)15-7-5-11-6-8-18-10-11/h1-4,11,15H,5-10,14H2. The topological polar surface area (TPSA) is 81.4 Å². The molecular formula is C13H20N2O3S. The average Bonchev–Trinajstić information content (AvgIpc) is 2.91. The zero-order valence-electron chi connectivity index (χ0n) is 10.8. The first-order valence-corrected chi connectivity index (χ1v) is 7.97. The van der Waals surface area contributed by atoms with Crippen LogP contribution >= 0.6 is 0 Å². The Morgan fingerprint density at radius 2 is 2.16 bits per heavy atom. The molecule has 19 heavy (non-hydrogen) atoms. The van der Waals surface area contributed by atoms with Gasteiger partial charge in [0, 0.05) is 26.3 Å². The van der Waals surface area contributed by atoms with Crippen molar-refractivity contribution < 1.29 is 13.2 Å². The molecule has 0 spiro atoms. The lowest BCUT2D eigenvalue weighted by atomic mass is 10.1. The normalized spacial score (nSPS) is 19.7. The first kappa shape index (κ1) is 14.5. The summed E-state index contributed by atoms with van der Waals surface area (Å²) in [7, 11) is -3.47. The van der Waals surface area contributed by atoms with Gasteiger partial charge in [0.05, 0.1) is 4.90 Å². The minimum absolute atomic E-state index is 0.216. The molecule has 0 saturated carbocycles. The fourth-order valence-corrected chi connectivity index (χ4v) is 3.52. The van der Waals surface area contributed by atoms with Crippen molar-refractivity contribution in [3.05, 3.63) is 29.8 Å². The van der Waals surface area contributed by atoms with Crippen molar-refractivity contribution in [2.24, 2.45) is 11.7 Å². The molecule has 1 heterocycles. The molecule has 1 fully saturated rings. The third-order valence-electron chi connectivity index (χ3n) is 3.35. The molecule has 1 atom stereocenters. The summed E-state index contributed by atoms with van der Waals surface area (Å²) in [6, 6.07) is 6.82. The predicted octanol–water partition coefficient (Wildman–Crippen LogP) is 0.850. The van der Waals surface area contributed by atoms with E-state index in [1.54, 1.807) is 24.3 Å². The van der Waals surface area contributed by atoms with E-state index >= 15 is 0 Å². The number of hydrogen-bond acceptors (Lipinski definition) is 4. The lowest BCUT2D eigenvalue weighted by Gasteiger charge is -2.11. The number of hydrogen-bond donors (Lipinski definition) is 2. The van der Waals surface area contributed by atoms with E-state index in [0.717, 1.165) is 26.1 Å². The SMILES string of the molecule is NCc1ccccc1S(=O)(=O)NCCC1CCOC1. The first-order valence-electron chi connectivity index (χ1n) is 6.49. The number of rotatable bonds is 6. The second-order valence-corrected chi connectivity index (χ2v) is 6.46. The summed E-state index contributed by atoms with van der Waals surface area (Å²) in [6.45, 7) is 2.18. The van der Waals surface area contributed by atoms with Crippen LogP contribution in [-0.4, -0.2) is 28.2 Å². The molecule has 6 heteroatoms. The maximum absolute atomic E-state index is 12.2.